The number of thiocarbonyl (C=S) groups is 1. The minimum absolute atomic E-state index is 0.219. The van der Waals surface area contributed by atoms with E-state index in [1.807, 2.05) is 6.07 Å². The molecule has 3 rings (SSSR count). The number of nitrogens with one attached hydrogen (secondary N) is 2. The molecule has 24 heavy (non-hydrogen) atoms. The van der Waals surface area contributed by atoms with Crippen molar-refractivity contribution in [2.45, 2.75) is 25.6 Å². The molecule has 0 aliphatic carbocycles. The lowest BCUT2D eigenvalue weighted by atomic mass is 10.2. The molecule has 3 nitrogen and oxygen atoms in total. The number of likely N-dealkylation sites (tertiary alicyclic amines) is 1. The van der Waals surface area contributed by atoms with Crippen molar-refractivity contribution in [3.05, 3.63) is 71.5 Å². The van der Waals surface area contributed by atoms with Crippen LogP contribution >= 0.6 is 12.2 Å². The molecule has 5 heteroatoms. The third kappa shape index (κ3) is 5.01. The summed E-state index contributed by atoms with van der Waals surface area (Å²) in [4.78, 5) is 2.44. The zero-order chi connectivity index (χ0) is 16.8. The molecule has 1 heterocycles. The second-order valence-corrected chi connectivity index (χ2v) is 6.57. The van der Waals surface area contributed by atoms with Crippen molar-refractivity contribution in [2.75, 3.05) is 13.1 Å². The van der Waals surface area contributed by atoms with Gasteiger partial charge in [0.05, 0.1) is 0 Å². The average Bonchev–Trinajstić information content (AvgIpc) is 3.02. The molecule has 1 aliphatic rings. The molecule has 2 aromatic rings. The summed E-state index contributed by atoms with van der Waals surface area (Å²) in [5.74, 6) is -0.219. The minimum Gasteiger partial charge on any atom is -0.359 e. The van der Waals surface area contributed by atoms with Gasteiger partial charge in [-0.25, -0.2) is 4.39 Å². The van der Waals surface area contributed by atoms with Crippen molar-refractivity contribution in [1.29, 1.82) is 0 Å². The number of hydrogen-bond acceptors (Lipinski definition) is 2. The van der Waals surface area contributed by atoms with E-state index >= 15 is 0 Å². The molecule has 0 aromatic heterocycles. The van der Waals surface area contributed by atoms with Crippen LogP contribution in [0.1, 0.15) is 17.5 Å². The maximum Gasteiger partial charge on any atom is 0.166 e. The lowest BCUT2D eigenvalue weighted by Gasteiger charge is -2.18. The molecule has 0 unspecified atom stereocenters. The van der Waals surface area contributed by atoms with Crippen LogP contribution < -0.4 is 10.6 Å². The molecule has 126 valence electrons. The fourth-order valence-corrected chi connectivity index (χ4v) is 3.20. The predicted octanol–water partition coefficient (Wildman–Crippen LogP) is 3.06. The van der Waals surface area contributed by atoms with Crippen molar-refractivity contribution in [1.82, 2.24) is 15.5 Å². The lowest BCUT2D eigenvalue weighted by Crippen LogP contribution is -2.42. The van der Waals surface area contributed by atoms with Crippen LogP contribution in [0, 0.1) is 5.82 Å². The highest BCUT2D eigenvalue weighted by atomic mass is 32.1. The largest absolute Gasteiger partial charge is 0.359 e. The summed E-state index contributed by atoms with van der Waals surface area (Å²) >= 11 is 5.37. The summed E-state index contributed by atoms with van der Waals surface area (Å²) in [5.41, 5.74) is 2.35. The highest BCUT2D eigenvalue weighted by molar-refractivity contribution is 7.80. The predicted molar refractivity (Wildman–Crippen MR) is 99.1 cm³/mol. The molecule has 0 bridgehead atoms. The topological polar surface area (TPSA) is 27.3 Å². The number of rotatable bonds is 5. The van der Waals surface area contributed by atoms with Gasteiger partial charge in [-0.05, 0) is 41.9 Å². The van der Waals surface area contributed by atoms with E-state index in [1.54, 1.807) is 12.1 Å². The van der Waals surface area contributed by atoms with Gasteiger partial charge in [-0.3, -0.25) is 4.90 Å². The Kier molecular flexibility index (Phi) is 5.77. The first-order valence-corrected chi connectivity index (χ1v) is 8.65. The van der Waals surface area contributed by atoms with Gasteiger partial charge >= 0.3 is 0 Å². The molecule has 1 atom stereocenters. The molecule has 0 saturated carbocycles. The van der Waals surface area contributed by atoms with Crippen LogP contribution in [0.15, 0.2) is 54.6 Å². The Labute approximate surface area is 147 Å². The van der Waals surface area contributed by atoms with E-state index in [1.165, 1.54) is 17.7 Å². The van der Waals surface area contributed by atoms with E-state index in [-0.39, 0.29) is 5.82 Å². The third-order valence-electron chi connectivity index (χ3n) is 4.22. The highest BCUT2D eigenvalue weighted by Gasteiger charge is 2.22. The van der Waals surface area contributed by atoms with Crippen LogP contribution in [0.5, 0.6) is 0 Å². The molecule has 2 aromatic carbocycles. The van der Waals surface area contributed by atoms with Crippen LogP contribution in [0.3, 0.4) is 0 Å². The van der Waals surface area contributed by atoms with Crippen LogP contribution in [-0.2, 0) is 13.1 Å². The van der Waals surface area contributed by atoms with E-state index in [2.05, 4.69) is 39.8 Å². The fraction of sp³-hybridized carbons (Fsp3) is 0.316. The molecular weight excluding hydrogens is 321 g/mol. The van der Waals surface area contributed by atoms with Gasteiger partial charge in [0.25, 0.3) is 0 Å². The first kappa shape index (κ1) is 16.9. The van der Waals surface area contributed by atoms with Crippen molar-refractivity contribution in [3.8, 4) is 0 Å². The molecule has 0 amide bonds. The van der Waals surface area contributed by atoms with Crippen molar-refractivity contribution in [3.63, 3.8) is 0 Å². The van der Waals surface area contributed by atoms with Crippen LogP contribution in [0.4, 0.5) is 4.39 Å². The standard InChI is InChI=1S/C19H22FN3S/c20-17-8-6-15(7-9-17)12-21-19(24)22-18-10-11-23(14-18)13-16-4-2-1-3-5-16/h1-9,18H,10-14H2,(H2,21,22,24)/t18-/m0/s1. The molecule has 2 N–H and O–H groups in total. The minimum atomic E-state index is -0.219. The Bertz CT molecular complexity index is 660. The summed E-state index contributed by atoms with van der Waals surface area (Å²) in [5, 5.41) is 7.23. The lowest BCUT2D eigenvalue weighted by molar-refractivity contribution is 0.324. The van der Waals surface area contributed by atoms with Gasteiger partial charge in [0, 0.05) is 32.2 Å². The quantitative estimate of drug-likeness (QED) is 0.816. The monoisotopic (exact) mass is 343 g/mol. The van der Waals surface area contributed by atoms with Crippen molar-refractivity contribution < 1.29 is 4.39 Å². The van der Waals surface area contributed by atoms with E-state index in [9.17, 15) is 4.39 Å². The Balaban J connectivity index is 1.40. The number of benzene rings is 2. The number of halogens is 1. The second-order valence-electron chi connectivity index (χ2n) is 6.16. The van der Waals surface area contributed by atoms with E-state index < -0.39 is 0 Å². The Morgan fingerprint density at radius 2 is 1.83 bits per heavy atom. The number of nitrogens with zero attached hydrogens (tertiary/aromatic N) is 1. The van der Waals surface area contributed by atoms with Crippen molar-refractivity contribution >= 4 is 17.3 Å². The van der Waals surface area contributed by atoms with Gasteiger partial charge in [-0.1, -0.05) is 42.5 Å². The Morgan fingerprint density at radius 1 is 1.08 bits per heavy atom. The summed E-state index contributed by atoms with van der Waals surface area (Å²) in [6.07, 6.45) is 1.09. The third-order valence-corrected chi connectivity index (χ3v) is 4.49. The van der Waals surface area contributed by atoms with Crippen LogP contribution in [0.25, 0.3) is 0 Å². The van der Waals surface area contributed by atoms with Gasteiger partial charge in [0.2, 0.25) is 0 Å². The first-order chi connectivity index (χ1) is 11.7. The SMILES string of the molecule is Fc1ccc(CNC(=S)N[C@H]2CCN(Cc3ccccc3)C2)cc1. The summed E-state index contributed by atoms with van der Waals surface area (Å²) < 4.78 is 12.9. The van der Waals surface area contributed by atoms with E-state index in [4.69, 9.17) is 12.2 Å². The molecule has 0 spiro atoms. The Morgan fingerprint density at radius 3 is 2.58 bits per heavy atom. The van der Waals surface area contributed by atoms with Gasteiger partial charge in [-0.2, -0.15) is 0 Å². The Hall–Kier alpha value is -1.98. The molecular formula is C19H22FN3S. The smallest absolute Gasteiger partial charge is 0.166 e. The zero-order valence-electron chi connectivity index (χ0n) is 13.5. The number of hydrogen-bond donors (Lipinski definition) is 2. The summed E-state index contributed by atoms with van der Waals surface area (Å²) in [7, 11) is 0. The molecule has 1 fully saturated rings. The molecule has 1 aliphatic heterocycles. The van der Waals surface area contributed by atoms with Crippen LogP contribution in [-0.4, -0.2) is 29.1 Å². The van der Waals surface area contributed by atoms with Crippen LogP contribution in [0.2, 0.25) is 0 Å². The molecule has 0 radical (unpaired) electrons. The van der Waals surface area contributed by atoms with E-state index in [0.29, 0.717) is 17.7 Å². The van der Waals surface area contributed by atoms with Gasteiger partial charge in [-0.15, -0.1) is 0 Å². The average molecular weight is 343 g/mol. The maximum absolute atomic E-state index is 12.9. The van der Waals surface area contributed by atoms with Gasteiger partial charge in [0.15, 0.2) is 5.11 Å². The normalized spacial score (nSPS) is 17.6. The van der Waals surface area contributed by atoms with Crippen molar-refractivity contribution in [2.24, 2.45) is 0 Å². The molecule has 1 saturated heterocycles. The summed E-state index contributed by atoms with van der Waals surface area (Å²) in [6.45, 7) is 3.65. The fourth-order valence-electron chi connectivity index (χ4n) is 2.96. The van der Waals surface area contributed by atoms with E-state index in [0.717, 1.165) is 31.6 Å². The zero-order valence-corrected chi connectivity index (χ0v) is 14.4. The summed E-state index contributed by atoms with van der Waals surface area (Å²) in [6, 6.07) is 17.4. The first-order valence-electron chi connectivity index (χ1n) is 8.24. The van der Waals surface area contributed by atoms with Gasteiger partial charge < -0.3 is 10.6 Å². The highest BCUT2D eigenvalue weighted by Crippen LogP contribution is 2.13. The van der Waals surface area contributed by atoms with Gasteiger partial charge in [0.1, 0.15) is 5.82 Å². The maximum atomic E-state index is 12.9. The second kappa shape index (κ2) is 8.22.